The van der Waals surface area contributed by atoms with Crippen molar-refractivity contribution in [2.75, 3.05) is 25.1 Å². The number of piperidine rings is 1. The van der Waals surface area contributed by atoms with Crippen molar-refractivity contribution in [3.05, 3.63) is 30.2 Å². The molecule has 1 aliphatic heterocycles. The number of pyridine rings is 1. The molecule has 0 aromatic carbocycles. The van der Waals surface area contributed by atoms with Crippen LogP contribution in [0.3, 0.4) is 0 Å². The number of fused-ring (bicyclic) bond motifs is 1. The monoisotopic (exact) mass is 375 g/mol. The minimum Gasteiger partial charge on any atom is -0.346 e. The van der Waals surface area contributed by atoms with Gasteiger partial charge in [-0.25, -0.2) is 0 Å². The van der Waals surface area contributed by atoms with Gasteiger partial charge in [-0.2, -0.15) is 11.8 Å². The lowest BCUT2D eigenvalue weighted by Crippen LogP contribution is -2.36. The lowest BCUT2D eigenvalue weighted by atomic mass is 9.85. The number of hydrogen-bond donors (Lipinski definition) is 2. The van der Waals surface area contributed by atoms with E-state index in [1.807, 2.05) is 28.8 Å². The minimum absolute atomic E-state index is 0.107. The van der Waals surface area contributed by atoms with Gasteiger partial charge in [0.25, 0.3) is 0 Å². The zero-order valence-corrected chi connectivity index (χ0v) is 16.5. The molecule has 0 saturated carbocycles. The van der Waals surface area contributed by atoms with Crippen LogP contribution in [-0.2, 0) is 4.79 Å². The lowest BCUT2D eigenvalue weighted by molar-refractivity contribution is -0.123. The average molecular weight is 376 g/mol. The average Bonchev–Trinajstić information content (AvgIpc) is 3.10. The number of aromatic nitrogens is 3. The predicted octanol–water partition coefficient (Wildman–Crippen LogP) is 2.67. The maximum Gasteiger partial charge on any atom is 0.220 e. The van der Waals surface area contributed by atoms with E-state index in [1.54, 1.807) is 11.8 Å². The van der Waals surface area contributed by atoms with E-state index in [0.717, 1.165) is 36.7 Å². The van der Waals surface area contributed by atoms with Crippen LogP contribution in [0.15, 0.2) is 24.4 Å². The molecule has 142 valence electrons. The molecule has 0 bridgehead atoms. The Kier molecular flexibility index (Phi) is 6.91. The fraction of sp³-hybridized carbons (Fsp3) is 0.632. The highest BCUT2D eigenvalue weighted by Gasteiger charge is 2.25. The summed E-state index contributed by atoms with van der Waals surface area (Å²) in [5, 5.41) is 15.2. The number of rotatable bonds is 8. The summed E-state index contributed by atoms with van der Waals surface area (Å²) in [6.45, 7) is 4.33. The largest absolute Gasteiger partial charge is 0.346 e. The molecule has 3 atom stereocenters. The molecule has 2 aromatic rings. The van der Waals surface area contributed by atoms with E-state index >= 15 is 0 Å². The standard InChI is InChI=1S/C19H29N5OS/c1-14(15-6-5-9-20-13-15)12-18(25)21-16(8-11-26-2)19-23-22-17-7-3-4-10-24(17)19/h3-4,7,10,14-16,20H,5-6,8-9,11-13H2,1-2H3,(H,21,25). The second kappa shape index (κ2) is 9.37. The van der Waals surface area contributed by atoms with Gasteiger partial charge in [0.2, 0.25) is 5.91 Å². The molecule has 0 aliphatic carbocycles. The highest BCUT2D eigenvalue weighted by atomic mass is 32.2. The van der Waals surface area contributed by atoms with E-state index in [2.05, 4.69) is 34.0 Å². The second-order valence-electron chi connectivity index (χ2n) is 7.18. The van der Waals surface area contributed by atoms with Crippen LogP contribution in [0.1, 0.15) is 44.5 Å². The Hall–Kier alpha value is -1.60. The van der Waals surface area contributed by atoms with E-state index < -0.39 is 0 Å². The van der Waals surface area contributed by atoms with Crippen LogP contribution in [0.5, 0.6) is 0 Å². The smallest absolute Gasteiger partial charge is 0.220 e. The summed E-state index contributed by atoms with van der Waals surface area (Å²) in [7, 11) is 0. The van der Waals surface area contributed by atoms with Gasteiger partial charge in [0.15, 0.2) is 11.5 Å². The van der Waals surface area contributed by atoms with Gasteiger partial charge in [-0.3, -0.25) is 9.20 Å². The number of thioether (sulfide) groups is 1. The molecule has 7 heteroatoms. The van der Waals surface area contributed by atoms with Crippen molar-refractivity contribution in [1.29, 1.82) is 0 Å². The first-order valence-electron chi connectivity index (χ1n) is 9.47. The summed E-state index contributed by atoms with van der Waals surface area (Å²) < 4.78 is 1.97. The van der Waals surface area contributed by atoms with Crippen molar-refractivity contribution in [3.63, 3.8) is 0 Å². The van der Waals surface area contributed by atoms with E-state index in [9.17, 15) is 4.79 Å². The Bertz CT molecular complexity index is 713. The Labute approximate surface area is 159 Å². The quantitative estimate of drug-likeness (QED) is 0.742. The second-order valence-corrected chi connectivity index (χ2v) is 8.16. The van der Waals surface area contributed by atoms with Crippen LogP contribution in [0.2, 0.25) is 0 Å². The van der Waals surface area contributed by atoms with Crippen LogP contribution >= 0.6 is 11.8 Å². The summed E-state index contributed by atoms with van der Waals surface area (Å²) in [5.41, 5.74) is 0.813. The fourth-order valence-electron chi connectivity index (χ4n) is 3.68. The number of carbonyl (C=O) groups is 1. The summed E-state index contributed by atoms with van der Waals surface area (Å²) >= 11 is 1.78. The van der Waals surface area contributed by atoms with Gasteiger partial charge in [-0.1, -0.05) is 13.0 Å². The van der Waals surface area contributed by atoms with Crippen LogP contribution in [0, 0.1) is 11.8 Å². The summed E-state index contributed by atoms with van der Waals surface area (Å²) in [4.78, 5) is 12.7. The molecule has 2 aromatic heterocycles. The fourth-order valence-corrected chi connectivity index (χ4v) is 4.15. The highest BCUT2D eigenvalue weighted by molar-refractivity contribution is 7.98. The number of nitrogens with one attached hydrogen (secondary N) is 2. The normalized spacial score (nSPS) is 20.0. The van der Waals surface area contributed by atoms with Gasteiger partial charge in [-0.15, -0.1) is 10.2 Å². The molecule has 3 heterocycles. The maximum atomic E-state index is 12.7. The van der Waals surface area contributed by atoms with E-state index in [4.69, 9.17) is 0 Å². The molecule has 1 saturated heterocycles. The minimum atomic E-state index is -0.107. The van der Waals surface area contributed by atoms with E-state index in [-0.39, 0.29) is 11.9 Å². The molecule has 1 amide bonds. The van der Waals surface area contributed by atoms with E-state index in [0.29, 0.717) is 18.3 Å². The van der Waals surface area contributed by atoms with Gasteiger partial charge in [-0.05, 0) is 68.3 Å². The zero-order chi connectivity index (χ0) is 18.4. The zero-order valence-electron chi connectivity index (χ0n) is 15.6. The third kappa shape index (κ3) is 4.76. The van der Waals surface area contributed by atoms with Gasteiger partial charge in [0, 0.05) is 12.6 Å². The van der Waals surface area contributed by atoms with Crippen LogP contribution in [0.25, 0.3) is 5.65 Å². The van der Waals surface area contributed by atoms with Crippen molar-refractivity contribution in [3.8, 4) is 0 Å². The van der Waals surface area contributed by atoms with Crippen molar-refractivity contribution < 1.29 is 4.79 Å². The molecule has 26 heavy (non-hydrogen) atoms. The summed E-state index contributed by atoms with van der Waals surface area (Å²) in [6.07, 6.45) is 7.88. The molecule has 2 N–H and O–H groups in total. The molecule has 0 spiro atoms. The molecule has 0 radical (unpaired) electrons. The SMILES string of the molecule is CSCCC(NC(=O)CC(C)C1CCCNC1)c1nnc2ccccn12. The molecule has 6 nitrogen and oxygen atoms in total. The third-order valence-electron chi connectivity index (χ3n) is 5.24. The summed E-state index contributed by atoms with van der Waals surface area (Å²) in [5.74, 6) is 2.87. The van der Waals surface area contributed by atoms with Gasteiger partial charge in [0.05, 0.1) is 6.04 Å². The van der Waals surface area contributed by atoms with Crippen LogP contribution in [-0.4, -0.2) is 45.6 Å². The first-order valence-corrected chi connectivity index (χ1v) is 10.9. The van der Waals surface area contributed by atoms with Crippen molar-refractivity contribution in [2.24, 2.45) is 11.8 Å². The van der Waals surface area contributed by atoms with Crippen molar-refractivity contribution >= 4 is 23.3 Å². The number of hydrogen-bond acceptors (Lipinski definition) is 5. The van der Waals surface area contributed by atoms with Gasteiger partial charge >= 0.3 is 0 Å². The Balaban J connectivity index is 1.66. The first kappa shape index (κ1) is 19.2. The molecule has 3 unspecified atom stereocenters. The Morgan fingerprint density at radius 3 is 3.12 bits per heavy atom. The van der Waals surface area contributed by atoms with Crippen molar-refractivity contribution in [2.45, 2.75) is 38.6 Å². The van der Waals surface area contributed by atoms with Crippen LogP contribution < -0.4 is 10.6 Å². The predicted molar refractivity (Wildman–Crippen MR) is 106 cm³/mol. The van der Waals surface area contributed by atoms with Crippen LogP contribution in [0.4, 0.5) is 0 Å². The topological polar surface area (TPSA) is 71.3 Å². The highest BCUT2D eigenvalue weighted by Crippen LogP contribution is 2.24. The van der Waals surface area contributed by atoms with E-state index in [1.165, 1.54) is 12.8 Å². The maximum absolute atomic E-state index is 12.7. The Morgan fingerprint density at radius 1 is 1.46 bits per heavy atom. The molecular weight excluding hydrogens is 346 g/mol. The molecule has 3 rings (SSSR count). The van der Waals surface area contributed by atoms with Gasteiger partial charge < -0.3 is 10.6 Å². The van der Waals surface area contributed by atoms with Gasteiger partial charge in [0.1, 0.15) is 0 Å². The molecule has 1 fully saturated rings. The third-order valence-corrected chi connectivity index (χ3v) is 5.89. The lowest BCUT2D eigenvalue weighted by Gasteiger charge is -2.28. The summed E-state index contributed by atoms with van der Waals surface area (Å²) in [6, 6.07) is 5.74. The first-order chi connectivity index (χ1) is 12.7. The number of carbonyl (C=O) groups excluding carboxylic acids is 1. The number of amides is 1. The molecular formula is C19H29N5OS. The number of nitrogens with zero attached hydrogens (tertiary/aromatic N) is 3. The Morgan fingerprint density at radius 2 is 2.35 bits per heavy atom. The van der Waals surface area contributed by atoms with Crippen molar-refractivity contribution in [1.82, 2.24) is 25.2 Å². The molecule has 1 aliphatic rings.